The molecule has 0 aromatic carbocycles. The summed E-state index contributed by atoms with van der Waals surface area (Å²) < 4.78 is 38.2. The lowest BCUT2D eigenvalue weighted by Crippen LogP contribution is -2.50. The Morgan fingerprint density at radius 2 is 2.00 bits per heavy atom. The van der Waals surface area contributed by atoms with E-state index in [9.17, 15) is 13.2 Å². The highest BCUT2D eigenvalue weighted by Gasteiger charge is 2.37. The normalized spacial score (nSPS) is 24.0. The average Bonchev–Trinajstić information content (AvgIpc) is 2.84. The molecule has 0 bridgehead atoms. The van der Waals surface area contributed by atoms with E-state index in [-0.39, 0.29) is 11.0 Å². The minimum atomic E-state index is -4.57. The van der Waals surface area contributed by atoms with Gasteiger partial charge in [-0.2, -0.15) is 13.2 Å². The van der Waals surface area contributed by atoms with Gasteiger partial charge in [-0.05, 0) is 19.4 Å². The fraction of sp³-hybridized carbons (Fsp3) is 0.667. The molecule has 2 fully saturated rings. The Balaban J connectivity index is 1.85. The maximum absolute atomic E-state index is 12.7. The quantitative estimate of drug-likeness (QED) is 0.746. The predicted octanol–water partition coefficient (Wildman–Crippen LogP) is 2.43. The third-order valence-electron chi connectivity index (χ3n) is 3.85. The molecule has 2 aliphatic heterocycles. The number of hydrogen-bond acceptors (Lipinski definition) is 4. The summed E-state index contributed by atoms with van der Waals surface area (Å²) in [5.74, 6) is -0.905. The first-order valence-corrected chi connectivity index (χ1v) is 6.92. The first-order chi connectivity index (χ1) is 9.43. The van der Waals surface area contributed by atoms with E-state index in [1.807, 2.05) is 4.90 Å². The lowest BCUT2D eigenvalue weighted by atomic mass is 10.1. The minimum Gasteiger partial charge on any atom is -0.354 e. The van der Waals surface area contributed by atoms with Gasteiger partial charge in [0, 0.05) is 31.7 Å². The largest absolute Gasteiger partial charge is 0.451 e. The van der Waals surface area contributed by atoms with Gasteiger partial charge in [-0.3, -0.25) is 4.90 Å². The molecule has 0 amide bonds. The maximum Gasteiger partial charge on any atom is 0.451 e. The molecule has 0 radical (unpaired) electrons. The third-order valence-corrected chi connectivity index (χ3v) is 4.04. The van der Waals surface area contributed by atoms with Crippen LogP contribution in [0, 0.1) is 0 Å². The Hall–Kier alpha value is -1.08. The third kappa shape index (κ3) is 2.69. The number of halogens is 4. The molecular formula is C12H14ClF3N4. The molecule has 1 unspecified atom stereocenters. The lowest BCUT2D eigenvalue weighted by molar-refractivity contribution is -0.144. The van der Waals surface area contributed by atoms with Crippen LogP contribution in [0.25, 0.3) is 0 Å². The van der Waals surface area contributed by atoms with Crippen LogP contribution in [0.4, 0.5) is 19.0 Å². The smallest absolute Gasteiger partial charge is 0.354 e. The van der Waals surface area contributed by atoms with Crippen LogP contribution in [0.2, 0.25) is 5.15 Å². The Kier molecular flexibility index (Phi) is 3.50. The monoisotopic (exact) mass is 306 g/mol. The minimum absolute atomic E-state index is 0.170. The number of anilines is 1. The summed E-state index contributed by atoms with van der Waals surface area (Å²) in [6.07, 6.45) is -2.34. The maximum atomic E-state index is 12.7. The summed E-state index contributed by atoms with van der Waals surface area (Å²) in [5.41, 5.74) is 0. The van der Waals surface area contributed by atoms with E-state index >= 15 is 0 Å². The van der Waals surface area contributed by atoms with Crippen molar-refractivity contribution in [1.29, 1.82) is 0 Å². The number of nitrogens with zero attached hydrogens (tertiary/aromatic N) is 4. The highest BCUT2D eigenvalue weighted by Crippen LogP contribution is 2.30. The van der Waals surface area contributed by atoms with Crippen LogP contribution in [-0.2, 0) is 6.18 Å². The molecule has 0 spiro atoms. The molecule has 20 heavy (non-hydrogen) atoms. The zero-order valence-corrected chi connectivity index (χ0v) is 11.5. The van der Waals surface area contributed by atoms with Gasteiger partial charge in [0.1, 0.15) is 11.0 Å². The standard InChI is InChI=1S/C12H14ClF3N4/c13-9-6-10(18-11(17-9)12(14,15)16)20-5-4-19-3-1-2-8(19)7-20/h6,8H,1-5,7H2. The molecule has 2 aliphatic rings. The summed E-state index contributed by atoms with van der Waals surface area (Å²) in [6.45, 7) is 3.30. The second kappa shape index (κ2) is 5.04. The number of alkyl halides is 3. The second-order valence-electron chi connectivity index (χ2n) is 5.15. The van der Waals surface area contributed by atoms with Crippen molar-refractivity contribution in [3.05, 3.63) is 17.0 Å². The van der Waals surface area contributed by atoms with Gasteiger partial charge < -0.3 is 4.90 Å². The number of hydrogen-bond donors (Lipinski definition) is 0. The van der Waals surface area contributed by atoms with Crippen molar-refractivity contribution in [2.24, 2.45) is 0 Å². The number of aromatic nitrogens is 2. The first kappa shape index (κ1) is 13.9. The van der Waals surface area contributed by atoms with Crippen LogP contribution in [0.3, 0.4) is 0 Å². The molecule has 2 saturated heterocycles. The van der Waals surface area contributed by atoms with Crippen LogP contribution in [0.15, 0.2) is 6.07 Å². The average molecular weight is 307 g/mol. The molecule has 8 heteroatoms. The summed E-state index contributed by atoms with van der Waals surface area (Å²) in [6, 6.07) is 1.81. The van der Waals surface area contributed by atoms with Crippen LogP contribution in [0.1, 0.15) is 18.7 Å². The van der Waals surface area contributed by atoms with E-state index in [4.69, 9.17) is 11.6 Å². The highest BCUT2D eigenvalue weighted by molar-refractivity contribution is 6.29. The van der Waals surface area contributed by atoms with Gasteiger partial charge >= 0.3 is 6.18 Å². The fourth-order valence-electron chi connectivity index (χ4n) is 2.89. The Morgan fingerprint density at radius 3 is 2.75 bits per heavy atom. The van der Waals surface area contributed by atoms with Crippen LogP contribution >= 0.6 is 11.6 Å². The summed E-state index contributed by atoms with van der Waals surface area (Å²) in [5, 5.41) is -0.170. The van der Waals surface area contributed by atoms with E-state index in [0.717, 1.165) is 25.9 Å². The van der Waals surface area contributed by atoms with E-state index in [1.54, 1.807) is 0 Å². The van der Waals surface area contributed by atoms with Gasteiger partial charge in [0.25, 0.3) is 0 Å². The molecule has 0 N–H and O–H groups in total. The van der Waals surface area contributed by atoms with Crippen molar-refractivity contribution < 1.29 is 13.2 Å². The molecule has 1 aromatic heterocycles. The van der Waals surface area contributed by atoms with Crippen molar-refractivity contribution in [2.75, 3.05) is 31.1 Å². The number of fused-ring (bicyclic) bond motifs is 1. The molecule has 110 valence electrons. The molecule has 1 atom stereocenters. The fourth-order valence-corrected chi connectivity index (χ4v) is 3.07. The first-order valence-electron chi connectivity index (χ1n) is 6.54. The van der Waals surface area contributed by atoms with Crippen molar-refractivity contribution >= 4 is 17.4 Å². The summed E-state index contributed by atoms with van der Waals surface area (Å²) >= 11 is 5.70. The van der Waals surface area contributed by atoms with E-state index < -0.39 is 12.0 Å². The van der Waals surface area contributed by atoms with Gasteiger partial charge in [-0.15, -0.1) is 0 Å². The van der Waals surface area contributed by atoms with Crippen molar-refractivity contribution in [3.63, 3.8) is 0 Å². The van der Waals surface area contributed by atoms with Crippen molar-refractivity contribution in [3.8, 4) is 0 Å². The van der Waals surface area contributed by atoms with E-state index in [2.05, 4.69) is 14.9 Å². The SMILES string of the molecule is FC(F)(F)c1nc(Cl)cc(N2CCN3CCCC3C2)n1. The molecule has 4 nitrogen and oxygen atoms in total. The molecule has 0 saturated carbocycles. The number of rotatable bonds is 1. The molecule has 3 heterocycles. The number of piperazine rings is 1. The Bertz CT molecular complexity index is 508. The summed E-state index contributed by atoms with van der Waals surface area (Å²) in [7, 11) is 0. The molecule has 0 aliphatic carbocycles. The van der Waals surface area contributed by atoms with Crippen LogP contribution in [-0.4, -0.2) is 47.1 Å². The topological polar surface area (TPSA) is 32.3 Å². The zero-order chi connectivity index (χ0) is 14.3. The Labute approximate surface area is 119 Å². The van der Waals surface area contributed by atoms with Crippen LogP contribution in [0.5, 0.6) is 0 Å². The predicted molar refractivity (Wildman–Crippen MR) is 68.9 cm³/mol. The van der Waals surface area contributed by atoms with Gasteiger partial charge in [0.05, 0.1) is 0 Å². The van der Waals surface area contributed by atoms with Crippen molar-refractivity contribution in [1.82, 2.24) is 14.9 Å². The summed E-state index contributed by atoms with van der Waals surface area (Å²) in [4.78, 5) is 11.1. The molecular weight excluding hydrogens is 293 g/mol. The Morgan fingerprint density at radius 1 is 1.20 bits per heavy atom. The van der Waals surface area contributed by atoms with Gasteiger partial charge in [0.2, 0.25) is 5.82 Å². The van der Waals surface area contributed by atoms with E-state index in [0.29, 0.717) is 19.1 Å². The van der Waals surface area contributed by atoms with E-state index in [1.165, 1.54) is 6.07 Å². The second-order valence-corrected chi connectivity index (χ2v) is 5.54. The zero-order valence-electron chi connectivity index (χ0n) is 10.7. The van der Waals surface area contributed by atoms with Gasteiger partial charge in [-0.1, -0.05) is 11.6 Å². The van der Waals surface area contributed by atoms with Crippen LogP contribution < -0.4 is 4.90 Å². The highest BCUT2D eigenvalue weighted by atomic mass is 35.5. The van der Waals surface area contributed by atoms with Gasteiger partial charge in [-0.25, -0.2) is 9.97 Å². The van der Waals surface area contributed by atoms with Crippen molar-refractivity contribution in [2.45, 2.75) is 25.1 Å². The molecule has 1 aromatic rings. The lowest BCUT2D eigenvalue weighted by Gasteiger charge is -2.38. The van der Waals surface area contributed by atoms with Gasteiger partial charge in [0.15, 0.2) is 0 Å². The molecule has 3 rings (SSSR count).